The molecule has 0 saturated carbocycles. The van der Waals surface area contributed by atoms with Crippen molar-refractivity contribution in [2.24, 2.45) is 0 Å². The normalized spacial score (nSPS) is 13.5. The Hall–Kier alpha value is -7.56. The van der Waals surface area contributed by atoms with Crippen molar-refractivity contribution in [1.29, 1.82) is 0 Å². The number of hydrogen-bond donors (Lipinski definition) is 0. The molecule has 12 aromatic rings. The zero-order valence-corrected chi connectivity index (χ0v) is 29.7. The van der Waals surface area contributed by atoms with Crippen LogP contribution >= 0.6 is 0 Å². The first kappa shape index (κ1) is 25.5. The van der Waals surface area contributed by atoms with Gasteiger partial charge in [0.15, 0.2) is 5.82 Å². The molecular formula is C52H30N4. The number of para-hydroxylation sites is 2. The minimum atomic E-state index is -0.461. The molecule has 3 heterocycles. The van der Waals surface area contributed by atoms with Gasteiger partial charge in [-0.2, -0.15) is 0 Å². The zero-order valence-electron chi connectivity index (χ0n) is 34.7. The van der Waals surface area contributed by atoms with Crippen LogP contribution in [0.4, 0.5) is 0 Å². The fraction of sp³-hybridized carbons (Fsp3) is 0. The summed E-state index contributed by atoms with van der Waals surface area (Å²) in [5.74, 6) is 0.376. The van der Waals surface area contributed by atoms with E-state index in [2.05, 4.69) is 118 Å². The van der Waals surface area contributed by atoms with Gasteiger partial charge in [-0.1, -0.05) is 145 Å². The molecule has 0 amide bonds. The zero-order chi connectivity index (χ0) is 40.8. The highest BCUT2D eigenvalue weighted by Gasteiger charge is 2.30. The van der Waals surface area contributed by atoms with E-state index in [4.69, 9.17) is 14.1 Å². The van der Waals surface area contributed by atoms with Gasteiger partial charge < -0.3 is 4.57 Å². The van der Waals surface area contributed by atoms with Gasteiger partial charge in [-0.3, -0.25) is 4.57 Å². The van der Waals surface area contributed by atoms with Crippen molar-refractivity contribution in [1.82, 2.24) is 19.1 Å². The van der Waals surface area contributed by atoms with Crippen molar-refractivity contribution in [3.63, 3.8) is 0 Å². The van der Waals surface area contributed by atoms with Gasteiger partial charge in [0, 0.05) is 43.7 Å². The molecule has 0 spiro atoms. The summed E-state index contributed by atoms with van der Waals surface area (Å²) in [6, 6.07) is 50.6. The highest BCUT2D eigenvalue weighted by atomic mass is 15.1. The fourth-order valence-corrected chi connectivity index (χ4v) is 9.47. The fourth-order valence-electron chi connectivity index (χ4n) is 9.47. The summed E-state index contributed by atoms with van der Waals surface area (Å²) in [7, 11) is 0. The summed E-state index contributed by atoms with van der Waals surface area (Å²) in [4.78, 5) is 10.8. The Labute approximate surface area is 328 Å². The van der Waals surface area contributed by atoms with Crippen molar-refractivity contribution in [3.8, 4) is 45.0 Å². The molecule has 0 aliphatic heterocycles. The Kier molecular flexibility index (Phi) is 5.00. The Balaban J connectivity index is 1.33. The highest BCUT2D eigenvalue weighted by Crippen LogP contribution is 2.54. The second kappa shape index (κ2) is 11.0. The molecule has 1 aliphatic carbocycles. The van der Waals surface area contributed by atoms with E-state index in [-0.39, 0.29) is 23.3 Å². The molecule has 9 aromatic carbocycles. The Morgan fingerprint density at radius 2 is 1.16 bits per heavy atom. The largest absolute Gasteiger partial charge is 0.309 e. The lowest BCUT2D eigenvalue weighted by atomic mass is 9.91. The van der Waals surface area contributed by atoms with Gasteiger partial charge in [0.2, 0.25) is 0 Å². The van der Waals surface area contributed by atoms with Gasteiger partial charge in [-0.05, 0) is 69.2 Å². The lowest BCUT2D eigenvalue weighted by molar-refractivity contribution is 1.08. The first-order valence-corrected chi connectivity index (χ1v) is 18.8. The monoisotopic (exact) mass is 715 g/mol. The van der Waals surface area contributed by atoms with E-state index in [1.165, 1.54) is 0 Å². The van der Waals surface area contributed by atoms with Gasteiger partial charge in [0.05, 0.1) is 40.0 Å². The number of rotatable bonds is 3. The summed E-state index contributed by atoms with van der Waals surface area (Å²) in [6.45, 7) is 0. The minimum Gasteiger partial charge on any atom is -0.309 e. The maximum atomic E-state index is 9.26. The average molecular weight is 716 g/mol. The van der Waals surface area contributed by atoms with E-state index in [1.807, 2.05) is 42.5 Å². The second-order valence-electron chi connectivity index (χ2n) is 14.5. The standard InChI is InChI=1S/C52H30N4/c1-3-15-33(16-4-1)50-52(54-51-35-20-8-7-14-31(35)26-28-40(51)53-50)56-42-29-27-32-17-13-24-37-36-21-9-10-22-38(36)47-46-39-23-11-12-25-41(39)55(34-18-5-2-6-19-34)43(46)30-44(56)49(47)48(42)45(32)37/h1-30H/i1D,3D,4D,15D,16D. The van der Waals surface area contributed by atoms with Crippen LogP contribution in [0.15, 0.2) is 182 Å². The van der Waals surface area contributed by atoms with Crippen molar-refractivity contribution in [3.05, 3.63) is 182 Å². The molecule has 0 radical (unpaired) electrons. The molecule has 0 saturated heterocycles. The maximum Gasteiger partial charge on any atom is 0.165 e. The van der Waals surface area contributed by atoms with Gasteiger partial charge >= 0.3 is 0 Å². The number of aromatic nitrogens is 4. The van der Waals surface area contributed by atoms with Crippen LogP contribution in [0.25, 0.3) is 121 Å². The first-order chi connectivity index (χ1) is 29.9. The Morgan fingerprint density at radius 1 is 0.446 bits per heavy atom. The third-order valence-corrected chi connectivity index (χ3v) is 11.7. The van der Waals surface area contributed by atoms with Crippen LogP contribution in [-0.4, -0.2) is 19.1 Å². The molecule has 0 fully saturated rings. The van der Waals surface area contributed by atoms with Crippen LogP contribution in [0.2, 0.25) is 0 Å². The van der Waals surface area contributed by atoms with Crippen molar-refractivity contribution in [2.45, 2.75) is 0 Å². The molecule has 0 atom stereocenters. The molecule has 0 bridgehead atoms. The summed E-state index contributed by atoms with van der Waals surface area (Å²) in [5.41, 5.74) is 10.7. The number of benzene rings is 9. The van der Waals surface area contributed by atoms with Crippen molar-refractivity contribution >= 4 is 76.2 Å². The summed E-state index contributed by atoms with van der Waals surface area (Å²) in [5, 5.41) is 8.47. The quantitative estimate of drug-likeness (QED) is 0.171. The van der Waals surface area contributed by atoms with Crippen LogP contribution in [0, 0.1) is 0 Å². The molecular weight excluding hydrogens is 681 g/mol. The van der Waals surface area contributed by atoms with Crippen LogP contribution in [-0.2, 0) is 0 Å². The minimum absolute atomic E-state index is 0.00261. The smallest absolute Gasteiger partial charge is 0.165 e. The lowest BCUT2D eigenvalue weighted by Gasteiger charge is -2.17. The maximum absolute atomic E-state index is 9.26. The first-order valence-electron chi connectivity index (χ1n) is 21.3. The third-order valence-electron chi connectivity index (χ3n) is 11.7. The molecule has 4 heteroatoms. The summed E-state index contributed by atoms with van der Waals surface area (Å²) in [6.07, 6.45) is 0. The molecule has 3 aromatic heterocycles. The Bertz CT molecular complexity index is 3910. The molecule has 56 heavy (non-hydrogen) atoms. The SMILES string of the molecule is [2H]c1c([2H])c([2H])c(-c2nc3ccc4ccccc4c3nc2-n2c3cc4c(c5c3c3c6c(cccc6ccc32)-c2ccccc2-5)c2ccccc2n4-c2ccccc2)c([2H])c1[2H]. The van der Waals surface area contributed by atoms with Gasteiger partial charge in [-0.15, -0.1) is 0 Å². The van der Waals surface area contributed by atoms with Crippen LogP contribution in [0.1, 0.15) is 6.85 Å². The topological polar surface area (TPSA) is 35.6 Å². The van der Waals surface area contributed by atoms with E-state index in [1.54, 1.807) is 0 Å². The van der Waals surface area contributed by atoms with Crippen molar-refractivity contribution in [2.75, 3.05) is 0 Å². The molecule has 1 aliphatic rings. The third kappa shape index (κ3) is 3.87. The van der Waals surface area contributed by atoms with E-state index < -0.39 is 18.1 Å². The Morgan fingerprint density at radius 3 is 2.05 bits per heavy atom. The predicted molar refractivity (Wildman–Crippen MR) is 233 cm³/mol. The molecule has 258 valence electrons. The van der Waals surface area contributed by atoms with Crippen LogP contribution in [0.5, 0.6) is 0 Å². The van der Waals surface area contributed by atoms with E-state index >= 15 is 0 Å². The predicted octanol–water partition coefficient (Wildman–Crippen LogP) is 13.4. The summed E-state index contributed by atoms with van der Waals surface area (Å²) >= 11 is 0. The molecule has 0 N–H and O–H groups in total. The number of fused-ring (bicyclic) bond motifs is 10. The van der Waals surface area contributed by atoms with Crippen molar-refractivity contribution < 1.29 is 6.85 Å². The van der Waals surface area contributed by atoms with Gasteiger partial charge in [0.25, 0.3) is 0 Å². The van der Waals surface area contributed by atoms with Crippen LogP contribution in [0.3, 0.4) is 0 Å². The molecule has 13 rings (SSSR count). The highest BCUT2D eigenvalue weighted by molar-refractivity contribution is 6.36. The van der Waals surface area contributed by atoms with E-state index in [0.29, 0.717) is 16.9 Å². The van der Waals surface area contributed by atoms with Gasteiger partial charge in [0.1, 0.15) is 5.69 Å². The molecule has 4 nitrogen and oxygen atoms in total. The number of hydrogen-bond acceptors (Lipinski definition) is 2. The average Bonchev–Trinajstić information content (AvgIpc) is 3.77. The molecule has 0 unspecified atom stereocenters. The number of nitrogens with zero attached hydrogens (tertiary/aromatic N) is 4. The van der Waals surface area contributed by atoms with E-state index in [0.717, 1.165) is 93.1 Å². The van der Waals surface area contributed by atoms with E-state index in [9.17, 15) is 2.74 Å². The van der Waals surface area contributed by atoms with Gasteiger partial charge in [-0.25, -0.2) is 9.97 Å². The second-order valence-corrected chi connectivity index (χ2v) is 14.5. The van der Waals surface area contributed by atoms with Crippen LogP contribution < -0.4 is 0 Å². The summed E-state index contributed by atoms with van der Waals surface area (Å²) < 4.78 is 49.0. The lowest BCUT2D eigenvalue weighted by Crippen LogP contribution is -2.04.